The van der Waals surface area contributed by atoms with Gasteiger partial charge in [0.15, 0.2) is 0 Å². The molecule has 6 heteroatoms. The number of carbonyl (C=O) groups excluding carboxylic acids is 2. The van der Waals surface area contributed by atoms with Crippen molar-refractivity contribution < 1.29 is 14.3 Å². The first-order valence-electron chi connectivity index (χ1n) is 12.8. The van der Waals surface area contributed by atoms with Crippen LogP contribution in [0.5, 0.6) is 0 Å². The summed E-state index contributed by atoms with van der Waals surface area (Å²) in [5, 5.41) is 0.701. The summed E-state index contributed by atoms with van der Waals surface area (Å²) >= 11 is 6.48. The van der Waals surface area contributed by atoms with Gasteiger partial charge in [-0.1, -0.05) is 24.4 Å². The Bertz CT molecular complexity index is 846. The van der Waals surface area contributed by atoms with Crippen molar-refractivity contribution in [1.82, 2.24) is 9.80 Å². The second-order valence-corrected chi connectivity index (χ2v) is 10.9. The third kappa shape index (κ3) is 6.37. The molecule has 0 aromatic heterocycles. The van der Waals surface area contributed by atoms with Crippen molar-refractivity contribution >= 4 is 23.3 Å². The Balaban J connectivity index is 1.35. The predicted molar refractivity (Wildman–Crippen MR) is 131 cm³/mol. The lowest BCUT2D eigenvalue weighted by Gasteiger charge is -2.41. The van der Waals surface area contributed by atoms with Gasteiger partial charge in [-0.15, -0.1) is 0 Å². The molecule has 2 saturated heterocycles. The van der Waals surface area contributed by atoms with Crippen molar-refractivity contribution in [2.45, 2.75) is 77.8 Å². The summed E-state index contributed by atoms with van der Waals surface area (Å²) in [5.74, 6) is 1.36. The number of carbonyl (C=O) groups is 2. The SMILES string of the molecule is Cc1c(CC(=O)CC2CCOCC2)cc(Cl)cc1CN1CCN(C(=O)C2CCCC2)[C@@H](C)C1. The highest BCUT2D eigenvalue weighted by molar-refractivity contribution is 6.30. The summed E-state index contributed by atoms with van der Waals surface area (Å²) in [7, 11) is 0. The highest BCUT2D eigenvalue weighted by Gasteiger charge is 2.33. The third-order valence-electron chi connectivity index (χ3n) is 7.93. The van der Waals surface area contributed by atoms with Gasteiger partial charge in [0.05, 0.1) is 0 Å². The van der Waals surface area contributed by atoms with Crippen molar-refractivity contribution in [3.8, 4) is 0 Å². The normalized spacial score (nSPS) is 23.2. The van der Waals surface area contributed by atoms with E-state index >= 15 is 0 Å². The molecule has 0 spiro atoms. The number of hydrogen-bond acceptors (Lipinski definition) is 4. The molecule has 0 bridgehead atoms. The van der Waals surface area contributed by atoms with Crippen molar-refractivity contribution in [2.24, 2.45) is 11.8 Å². The predicted octanol–water partition coefficient (Wildman–Crippen LogP) is 4.80. The zero-order valence-electron chi connectivity index (χ0n) is 20.3. The third-order valence-corrected chi connectivity index (χ3v) is 8.14. The van der Waals surface area contributed by atoms with Gasteiger partial charge >= 0.3 is 0 Å². The summed E-state index contributed by atoms with van der Waals surface area (Å²) in [6.07, 6.45) is 7.57. The number of nitrogens with zero attached hydrogens (tertiary/aromatic N) is 2. The lowest BCUT2D eigenvalue weighted by Crippen LogP contribution is -2.54. The van der Waals surface area contributed by atoms with Gasteiger partial charge in [0.2, 0.25) is 5.91 Å². The highest BCUT2D eigenvalue weighted by Crippen LogP contribution is 2.29. The first kappa shape index (κ1) is 24.7. The van der Waals surface area contributed by atoms with Crippen LogP contribution in [-0.4, -0.2) is 60.4 Å². The van der Waals surface area contributed by atoms with Crippen LogP contribution in [0.15, 0.2) is 12.1 Å². The van der Waals surface area contributed by atoms with Crippen LogP contribution in [-0.2, 0) is 27.3 Å². The van der Waals surface area contributed by atoms with Gasteiger partial charge in [-0.05, 0) is 74.3 Å². The molecule has 1 aromatic carbocycles. The number of Topliss-reactive ketones (excluding diaryl/α,β-unsaturated/α-hetero) is 1. The van der Waals surface area contributed by atoms with E-state index in [2.05, 4.69) is 23.6 Å². The minimum atomic E-state index is 0.229. The summed E-state index contributed by atoms with van der Waals surface area (Å²) in [4.78, 5) is 30.2. The topological polar surface area (TPSA) is 49.9 Å². The number of amides is 1. The van der Waals surface area contributed by atoms with Crippen molar-refractivity contribution in [3.63, 3.8) is 0 Å². The first-order chi connectivity index (χ1) is 15.9. The average Bonchev–Trinajstić information content (AvgIpc) is 3.32. The van der Waals surface area contributed by atoms with Gasteiger partial charge in [-0.3, -0.25) is 14.5 Å². The molecule has 3 fully saturated rings. The van der Waals surface area contributed by atoms with Gasteiger partial charge in [0, 0.05) is 69.2 Å². The van der Waals surface area contributed by atoms with Crippen LogP contribution in [0, 0.1) is 18.8 Å². The average molecular weight is 475 g/mol. The van der Waals surface area contributed by atoms with Gasteiger partial charge in [-0.2, -0.15) is 0 Å². The standard InChI is InChI=1S/C27H39ClN2O3/c1-19-17-29(9-10-30(19)27(32)22-5-3-4-6-22)18-24-15-25(28)14-23(20(24)2)16-26(31)13-21-7-11-33-12-8-21/h14-15,19,21-22H,3-13,16-18H2,1-2H3/t19-/m0/s1. The van der Waals surface area contributed by atoms with Crippen LogP contribution in [0.3, 0.4) is 0 Å². The lowest BCUT2D eigenvalue weighted by molar-refractivity contribution is -0.140. The minimum Gasteiger partial charge on any atom is -0.381 e. The molecule has 1 aromatic rings. The van der Waals surface area contributed by atoms with E-state index in [4.69, 9.17) is 16.3 Å². The van der Waals surface area contributed by atoms with E-state index in [0.29, 0.717) is 35.5 Å². The zero-order valence-corrected chi connectivity index (χ0v) is 21.0. The van der Waals surface area contributed by atoms with Crippen LogP contribution in [0.25, 0.3) is 0 Å². The smallest absolute Gasteiger partial charge is 0.226 e. The molecule has 33 heavy (non-hydrogen) atoms. The molecular formula is C27H39ClN2O3. The molecule has 0 unspecified atom stereocenters. The molecule has 5 nitrogen and oxygen atoms in total. The number of halogens is 1. The Morgan fingerprint density at radius 3 is 2.45 bits per heavy atom. The second kappa shape index (κ2) is 11.3. The molecule has 1 atom stereocenters. The summed E-state index contributed by atoms with van der Waals surface area (Å²) in [5.41, 5.74) is 3.42. The molecular weight excluding hydrogens is 436 g/mol. The molecule has 1 amide bonds. The number of hydrogen-bond donors (Lipinski definition) is 0. The molecule has 1 saturated carbocycles. The van der Waals surface area contributed by atoms with Crippen molar-refractivity contribution in [3.05, 3.63) is 33.8 Å². The largest absolute Gasteiger partial charge is 0.381 e. The van der Waals surface area contributed by atoms with E-state index in [1.807, 2.05) is 12.1 Å². The molecule has 0 N–H and O–H groups in total. The van der Waals surface area contributed by atoms with E-state index < -0.39 is 0 Å². The monoisotopic (exact) mass is 474 g/mol. The maximum atomic E-state index is 12.9. The molecule has 0 radical (unpaired) electrons. The summed E-state index contributed by atoms with van der Waals surface area (Å²) in [6, 6.07) is 4.24. The minimum absolute atomic E-state index is 0.229. The lowest BCUT2D eigenvalue weighted by atomic mass is 9.90. The van der Waals surface area contributed by atoms with E-state index in [1.54, 1.807) is 0 Å². The first-order valence-corrected chi connectivity index (χ1v) is 13.2. The molecule has 1 aliphatic carbocycles. The van der Waals surface area contributed by atoms with Gasteiger partial charge in [0.1, 0.15) is 5.78 Å². The van der Waals surface area contributed by atoms with Gasteiger partial charge < -0.3 is 9.64 Å². The zero-order chi connectivity index (χ0) is 23.4. The molecule has 2 aliphatic heterocycles. The van der Waals surface area contributed by atoms with Crippen LogP contribution >= 0.6 is 11.6 Å². The van der Waals surface area contributed by atoms with Crippen molar-refractivity contribution in [2.75, 3.05) is 32.8 Å². The van der Waals surface area contributed by atoms with Gasteiger partial charge in [0.25, 0.3) is 0 Å². The number of ether oxygens (including phenoxy) is 1. The Morgan fingerprint density at radius 1 is 1.06 bits per heavy atom. The van der Waals surface area contributed by atoms with E-state index in [1.165, 1.54) is 24.0 Å². The quantitative estimate of drug-likeness (QED) is 0.569. The second-order valence-electron chi connectivity index (χ2n) is 10.4. The highest BCUT2D eigenvalue weighted by atomic mass is 35.5. The maximum Gasteiger partial charge on any atom is 0.226 e. The van der Waals surface area contributed by atoms with Crippen LogP contribution in [0.4, 0.5) is 0 Å². The maximum absolute atomic E-state index is 12.9. The van der Waals surface area contributed by atoms with Crippen LogP contribution in [0.2, 0.25) is 5.02 Å². The van der Waals surface area contributed by atoms with E-state index in [-0.39, 0.29) is 12.0 Å². The molecule has 182 valence electrons. The van der Waals surface area contributed by atoms with Crippen molar-refractivity contribution in [1.29, 1.82) is 0 Å². The fraction of sp³-hybridized carbons (Fsp3) is 0.704. The fourth-order valence-electron chi connectivity index (χ4n) is 5.85. The Kier molecular flexibility index (Phi) is 8.48. The molecule has 3 aliphatic rings. The van der Waals surface area contributed by atoms with Crippen LogP contribution < -0.4 is 0 Å². The Labute approximate surface area is 203 Å². The summed E-state index contributed by atoms with van der Waals surface area (Å²) in [6.45, 7) is 9.20. The number of piperazine rings is 1. The summed E-state index contributed by atoms with van der Waals surface area (Å²) < 4.78 is 5.42. The van der Waals surface area contributed by atoms with E-state index in [9.17, 15) is 9.59 Å². The molecule has 4 rings (SSSR count). The molecule has 2 heterocycles. The van der Waals surface area contributed by atoms with Crippen LogP contribution in [0.1, 0.15) is 68.6 Å². The fourth-order valence-corrected chi connectivity index (χ4v) is 6.12. The van der Waals surface area contributed by atoms with E-state index in [0.717, 1.165) is 70.6 Å². The Hall–Kier alpha value is -1.43. The number of benzene rings is 1. The number of rotatable bonds is 7. The number of ketones is 1. The van der Waals surface area contributed by atoms with Gasteiger partial charge in [-0.25, -0.2) is 0 Å². The Morgan fingerprint density at radius 2 is 1.76 bits per heavy atom.